The Bertz CT molecular complexity index is 444. The molecule has 0 aromatic heterocycles. The van der Waals surface area contributed by atoms with Crippen molar-refractivity contribution in [3.05, 3.63) is 29.3 Å². The minimum absolute atomic E-state index is 0.139. The number of rotatable bonds is 5. The van der Waals surface area contributed by atoms with Crippen molar-refractivity contribution in [1.82, 2.24) is 4.90 Å². The summed E-state index contributed by atoms with van der Waals surface area (Å²) in [7, 11) is 0. The predicted molar refractivity (Wildman–Crippen MR) is 78.0 cm³/mol. The Morgan fingerprint density at radius 2 is 2.05 bits per heavy atom. The Morgan fingerprint density at radius 3 is 2.75 bits per heavy atom. The first-order chi connectivity index (χ1) is 9.66. The van der Waals surface area contributed by atoms with E-state index in [2.05, 4.69) is 0 Å². The van der Waals surface area contributed by atoms with E-state index in [1.807, 2.05) is 23.1 Å². The molecular formula is C15H20ClNO3. The van der Waals surface area contributed by atoms with Crippen LogP contribution in [0.1, 0.15) is 25.7 Å². The molecule has 1 aliphatic rings. The molecule has 1 aromatic carbocycles. The summed E-state index contributed by atoms with van der Waals surface area (Å²) in [6.07, 6.45) is 2.26. The van der Waals surface area contributed by atoms with Crippen LogP contribution in [-0.4, -0.2) is 41.7 Å². The van der Waals surface area contributed by atoms with Crippen molar-refractivity contribution in [2.24, 2.45) is 0 Å². The van der Waals surface area contributed by atoms with Crippen LogP contribution in [0.3, 0.4) is 0 Å². The van der Waals surface area contributed by atoms with Crippen LogP contribution in [0.15, 0.2) is 24.3 Å². The maximum atomic E-state index is 11.9. The Labute approximate surface area is 124 Å². The van der Waals surface area contributed by atoms with Gasteiger partial charge >= 0.3 is 0 Å². The summed E-state index contributed by atoms with van der Waals surface area (Å²) < 4.78 is 5.55. The lowest BCUT2D eigenvalue weighted by molar-refractivity contribution is -0.133. The van der Waals surface area contributed by atoms with Crippen LogP contribution in [0.2, 0.25) is 5.02 Å². The molecule has 5 heteroatoms. The van der Waals surface area contributed by atoms with Crippen LogP contribution in [0.5, 0.6) is 5.75 Å². The van der Waals surface area contributed by atoms with Crippen LogP contribution in [0, 0.1) is 0 Å². The van der Waals surface area contributed by atoms with E-state index >= 15 is 0 Å². The van der Waals surface area contributed by atoms with Crippen LogP contribution >= 0.6 is 11.6 Å². The molecule has 0 spiro atoms. The minimum atomic E-state index is -0.248. The lowest BCUT2D eigenvalue weighted by atomic mass is 10.1. The van der Waals surface area contributed by atoms with E-state index in [9.17, 15) is 9.90 Å². The van der Waals surface area contributed by atoms with Gasteiger partial charge in [-0.2, -0.15) is 0 Å². The second-order valence-corrected chi connectivity index (χ2v) is 5.40. The van der Waals surface area contributed by atoms with Crippen molar-refractivity contribution in [3.8, 4) is 5.75 Å². The number of para-hydroxylation sites is 1. The van der Waals surface area contributed by atoms with Gasteiger partial charge < -0.3 is 14.7 Å². The zero-order valence-electron chi connectivity index (χ0n) is 11.4. The summed E-state index contributed by atoms with van der Waals surface area (Å²) >= 11 is 5.98. The average Bonchev–Trinajstić information content (AvgIpc) is 2.46. The zero-order valence-corrected chi connectivity index (χ0v) is 12.2. The summed E-state index contributed by atoms with van der Waals surface area (Å²) in [4.78, 5) is 13.8. The van der Waals surface area contributed by atoms with E-state index in [1.165, 1.54) is 0 Å². The number of likely N-dealkylation sites (tertiary alicyclic amines) is 1. The number of carbonyl (C=O) groups is 1. The standard InChI is InChI=1S/C15H20ClNO3/c16-13-4-1-2-5-14(13)20-11-3-6-15(19)17-9-7-12(18)8-10-17/h1-2,4-5,12,18H,3,6-11H2. The lowest BCUT2D eigenvalue weighted by Gasteiger charge is -2.29. The highest BCUT2D eigenvalue weighted by atomic mass is 35.5. The molecule has 1 saturated heterocycles. The van der Waals surface area contributed by atoms with Crippen LogP contribution in [-0.2, 0) is 4.79 Å². The normalized spacial score (nSPS) is 16.2. The predicted octanol–water partition coefficient (Wildman–Crippen LogP) is 2.48. The maximum absolute atomic E-state index is 11.9. The monoisotopic (exact) mass is 297 g/mol. The number of aliphatic hydroxyl groups is 1. The number of benzene rings is 1. The third-order valence-corrected chi connectivity index (χ3v) is 3.76. The number of piperidine rings is 1. The van der Waals surface area contributed by atoms with Crippen LogP contribution in [0.25, 0.3) is 0 Å². The quantitative estimate of drug-likeness (QED) is 0.850. The second-order valence-electron chi connectivity index (χ2n) is 4.99. The molecule has 20 heavy (non-hydrogen) atoms. The highest BCUT2D eigenvalue weighted by molar-refractivity contribution is 6.32. The van der Waals surface area contributed by atoms with Gasteiger partial charge in [-0.15, -0.1) is 0 Å². The van der Waals surface area contributed by atoms with Gasteiger partial charge in [0.15, 0.2) is 0 Å². The van der Waals surface area contributed by atoms with E-state index in [-0.39, 0.29) is 12.0 Å². The van der Waals surface area contributed by atoms with E-state index in [4.69, 9.17) is 16.3 Å². The van der Waals surface area contributed by atoms with Crippen molar-refractivity contribution in [1.29, 1.82) is 0 Å². The zero-order chi connectivity index (χ0) is 14.4. The number of ether oxygens (including phenoxy) is 1. The summed E-state index contributed by atoms with van der Waals surface area (Å²) in [6.45, 7) is 1.79. The molecule has 1 aliphatic heterocycles. The Balaban J connectivity index is 1.66. The SMILES string of the molecule is O=C(CCCOc1ccccc1Cl)N1CCC(O)CC1. The topological polar surface area (TPSA) is 49.8 Å². The summed E-state index contributed by atoms with van der Waals surface area (Å²) in [5, 5.41) is 9.99. The van der Waals surface area contributed by atoms with Crippen molar-refractivity contribution in [2.45, 2.75) is 31.8 Å². The van der Waals surface area contributed by atoms with Gasteiger partial charge in [-0.3, -0.25) is 4.79 Å². The molecule has 0 bridgehead atoms. The smallest absolute Gasteiger partial charge is 0.222 e. The second kappa shape index (κ2) is 7.50. The molecule has 110 valence electrons. The van der Waals surface area contributed by atoms with E-state index < -0.39 is 0 Å². The van der Waals surface area contributed by atoms with Gasteiger partial charge in [0.25, 0.3) is 0 Å². The van der Waals surface area contributed by atoms with Gasteiger partial charge in [-0.05, 0) is 31.4 Å². The number of halogens is 1. The molecule has 0 unspecified atom stereocenters. The molecule has 1 fully saturated rings. The van der Waals surface area contributed by atoms with Gasteiger partial charge in [0.2, 0.25) is 5.91 Å². The Hall–Kier alpha value is -1.26. The minimum Gasteiger partial charge on any atom is -0.492 e. The maximum Gasteiger partial charge on any atom is 0.222 e. The van der Waals surface area contributed by atoms with Gasteiger partial charge in [-0.1, -0.05) is 23.7 Å². The first-order valence-corrected chi connectivity index (χ1v) is 7.38. The van der Waals surface area contributed by atoms with Gasteiger partial charge in [-0.25, -0.2) is 0 Å². The average molecular weight is 298 g/mol. The molecule has 1 amide bonds. The fourth-order valence-corrected chi connectivity index (χ4v) is 2.43. The number of carbonyl (C=O) groups excluding carboxylic acids is 1. The first-order valence-electron chi connectivity index (χ1n) is 7.00. The number of hydrogen-bond donors (Lipinski definition) is 1. The molecule has 2 rings (SSSR count). The largest absolute Gasteiger partial charge is 0.492 e. The van der Waals surface area contributed by atoms with Gasteiger partial charge in [0.1, 0.15) is 5.75 Å². The third-order valence-electron chi connectivity index (χ3n) is 3.45. The summed E-state index contributed by atoms with van der Waals surface area (Å²) in [5.74, 6) is 0.794. The summed E-state index contributed by atoms with van der Waals surface area (Å²) in [6, 6.07) is 7.31. The molecule has 0 radical (unpaired) electrons. The molecule has 1 N–H and O–H groups in total. The highest BCUT2D eigenvalue weighted by Gasteiger charge is 2.20. The number of aliphatic hydroxyl groups excluding tert-OH is 1. The Kier molecular flexibility index (Phi) is 5.68. The lowest BCUT2D eigenvalue weighted by Crippen LogP contribution is -2.40. The molecule has 0 saturated carbocycles. The first kappa shape index (κ1) is 15.1. The fraction of sp³-hybridized carbons (Fsp3) is 0.533. The molecular weight excluding hydrogens is 278 g/mol. The fourth-order valence-electron chi connectivity index (χ4n) is 2.24. The van der Waals surface area contributed by atoms with E-state index in [0.717, 1.165) is 0 Å². The highest BCUT2D eigenvalue weighted by Crippen LogP contribution is 2.23. The van der Waals surface area contributed by atoms with Gasteiger partial charge in [0, 0.05) is 19.5 Å². The number of hydrogen-bond acceptors (Lipinski definition) is 3. The summed E-state index contributed by atoms with van der Waals surface area (Å²) in [5.41, 5.74) is 0. The van der Waals surface area contributed by atoms with Crippen molar-refractivity contribution in [3.63, 3.8) is 0 Å². The van der Waals surface area contributed by atoms with Crippen molar-refractivity contribution < 1.29 is 14.6 Å². The van der Waals surface area contributed by atoms with Crippen LogP contribution < -0.4 is 4.74 Å². The number of nitrogens with zero attached hydrogens (tertiary/aromatic N) is 1. The van der Waals surface area contributed by atoms with Crippen molar-refractivity contribution in [2.75, 3.05) is 19.7 Å². The number of amides is 1. The molecule has 1 aromatic rings. The molecule has 1 heterocycles. The van der Waals surface area contributed by atoms with E-state index in [1.54, 1.807) is 6.07 Å². The van der Waals surface area contributed by atoms with E-state index in [0.29, 0.717) is 56.2 Å². The van der Waals surface area contributed by atoms with Crippen molar-refractivity contribution >= 4 is 17.5 Å². The van der Waals surface area contributed by atoms with Crippen LogP contribution in [0.4, 0.5) is 0 Å². The molecule has 0 atom stereocenters. The van der Waals surface area contributed by atoms with Gasteiger partial charge in [0.05, 0.1) is 17.7 Å². The molecule has 0 aliphatic carbocycles. The molecule has 4 nitrogen and oxygen atoms in total. The Morgan fingerprint density at radius 1 is 1.35 bits per heavy atom. The third kappa shape index (κ3) is 4.39.